The fraction of sp³-hybridized carbons (Fsp3) is 0.536. The molecule has 3 saturated heterocycles. The van der Waals surface area contributed by atoms with Crippen molar-refractivity contribution in [1.29, 1.82) is 0 Å². The number of fused-ring (bicyclic) bond motifs is 3. The molecule has 0 aliphatic carbocycles. The van der Waals surface area contributed by atoms with Gasteiger partial charge in [-0.3, -0.25) is 4.90 Å². The Morgan fingerprint density at radius 3 is 2.81 bits per heavy atom. The molecule has 0 bridgehead atoms. The number of hydrogen-bond donors (Lipinski definition) is 1. The first kappa shape index (κ1) is 28.5. The van der Waals surface area contributed by atoms with Crippen molar-refractivity contribution >= 4 is 34.0 Å². The Morgan fingerprint density at radius 2 is 2.00 bits per heavy atom. The van der Waals surface area contributed by atoms with E-state index in [0.29, 0.717) is 39.1 Å². The van der Waals surface area contributed by atoms with Crippen molar-refractivity contribution in [1.82, 2.24) is 19.9 Å². The molecule has 0 spiro atoms. The molecule has 15 heteroatoms. The van der Waals surface area contributed by atoms with Crippen LogP contribution in [0.1, 0.15) is 31.2 Å². The lowest BCUT2D eigenvalue weighted by Crippen LogP contribution is -2.43. The number of nitrogens with zero attached hydrogens (tertiary/aromatic N) is 5. The molecule has 1 aromatic carbocycles. The van der Waals surface area contributed by atoms with Gasteiger partial charge in [-0.25, -0.2) is 13.8 Å². The number of pyridine rings is 1. The molecule has 1 unspecified atom stereocenters. The quantitative estimate of drug-likeness (QED) is 0.316. The Kier molecular flexibility index (Phi) is 6.93. The number of alkyl halides is 4. The maximum atomic E-state index is 16.5. The van der Waals surface area contributed by atoms with Gasteiger partial charge in [-0.15, -0.1) is 0 Å². The van der Waals surface area contributed by atoms with E-state index in [9.17, 15) is 17.6 Å². The molecule has 7 rings (SSSR count). The Labute approximate surface area is 248 Å². The van der Waals surface area contributed by atoms with Crippen LogP contribution in [0, 0.1) is 5.82 Å². The van der Waals surface area contributed by atoms with E-state index in [-0.39, 0.29) is 53.6 Å². The number of nitrogen functional groups attached to an aromatic ring is 1. The second-order valence-corrected chi connectivity index (χ2v) is 11.9. The number of rotatable bonds is 4. The van der Waals surface area contributed by atoms with Gasteiger partial charge in [0.2, 0.25) is 5.88 Å². The zero-order valence-corrected chi connectivity index (χ0v) is 23.6. The third kappa shape index (κ3) is 4.87. The molecule has 9 nitrogen and oxygen atoms in total. The van der Waals surface area contributed by atoms with Crippen LogP contribution in [0.15, 0.2) is 12.1 Å². The summed E-state index contributed by atoms with van der Waals surface area (Å²) in [6, 6.07) is 1.50. The minimum atomic E-state index is -4.94. The van der Waals surface area contributed by atoms with Gasteiger partial charge in [0.15, 0.2) is 5.82 Å². The highest BCUT2D eigenvalue weighted by Gasteiger charge is 2.49. The van der Waals surface area contributed by atoms with E-state index in [1.165, 1.54) is 0 Å². The number of aromatic nitrogens is 3. The van der Waals surface area contributed by atoms with Crippen LogP contribution >= 0.6 is 11.6 Å². The molecule has 0 amide bonds. The van der Waals surface area contributed by atoms with Crippen LogP contribution < -0.4 is 20.1 Å². The highest BCUT2D eigenvalue weighted by atomic mass is 35.5. The topological polar surface area (TPSA) is 98.9 Å². The van der Waals surface area contributed by atoms with E-state index in [1.54, 1.807) is 0 Å². The van der Waals surface area contributed by atoms with Crippen LogP contribution in [0.3, 0.4) is 0 Å². The average Bonchev–Trinajstić information content (AvgIpc) is 3.29. The van der Waals surface area contributed by atoms with E-state index in [4.69, 9.17) is 31.5 Å². The van der Waals surface area contributed by atoms with E-state index >= 15 is 4.39 Å². The van der Waals surface area contributed by atoms with Gasteiger partial charge in [0, 0.05) is 37.4 Å². The van der Waals surface area contributed by atoms with E-state index in [1.807, 2.05) is 4.90 Å². The molecule has 0 saturated carbocycles. The number of hydrogen-bond acceptors (Lipinski definition) is 9. The molecule has 4 aliphatic heterocycles. The third-order valence-electron chi connectivity index (χ3n) is 8.79. The molecule has 2 aromatic heterocycles. The van der Waals surface area contributed by atoms with Crippen molar-refractivity contribution in [3.63, 3.8) is 0 Å². The van der Waals surface area contributed by atoms with Gasteiger partial charge in [0.05, 0.1) is 28.8 Å². The van der Waals surface area contributed by atoms with Gasteiger partial charge in [-0.05, 0) is 37.9 Å². The minimum Gasteiger partial charge on any atom is -0.475 e. The highest BCUT2D eigenvalue weighted by molar-refractivity contribution is 6.32. The predicted octanol–water partition coefficient (Wildman–Crippen LogP) is 5.03. The Bertz CT molecular complexity index is 1600. The van der Waals surface area contributed by atoms with Crippen LogP contribution in [0.4, 0.5) is 33.5 Å². The first-order valence-corrected chi connectivity index (χ1v) is 14.5. The van der Waals surface area contributed by atoms with Crippen molar-refractivity contribution < 1.29 is 36.2 Å². The van der Waals surface area contributed by atoms with Crippen LogP contribution in [-0.4, -0.2) is 83.7 Å². The lowest BCUT2D eigenvalue weighted by Gasteiger charge is -2.31. The zero-order chi connectivity index (χ0) is 30.1. The molecular weight excluding hydrogens is 599 g/mol. The molecule has 3 aromatic rings. The van der Waals surface area contributed by atoms with E-state index in [0.717, 1.165) is 31.5 Å². The van der Waals surface area contributed by atoms with Gasteiger partial charge in [0.25, 0.3) is 0 Å². The summed E-state index contributed by atoms with van der Waals surface area (Å²) in [5.41, 5.74) is 2.29. The SMILES string of the molecule is Nc1cc(Cl)c(C(F)(F)F)c(-c2nc3c4c(nc(OC[C@@]56CCCN5C[C@H](F)C6)nc4c2F)N2CCOCCC2CO3)c1. The summed E-state index contributed by atoms with van der Waals surface area (Å²) < 4.78 is 91.2. The molecule has 43 heavy (non-hydrogen) atoms. The molecule has 2 N–H and O–H groups in total. The smallest absolute Gasteiger partial charge is 0.418 e. The molecule has 3 fully saturated rings. The van der Waals surface area contributed by atoms with Gasteiger partial charge in [0.1, 0.15) is 41.8 Å². The summed E-state index contributed by atoms with van der Waals surface area (Å²) in [6.07, 6.45) is -3.44. The van der Waals surface area contributed by atoms with Crippen LogP contribution in [0.5, 0.6) is 11.9 Å². The Balaban J connectivity index is 1.41. The monoisotopic (exact) mass is 626 g/mol. The fourth-order valence-corrected chi connectivity index (χ4v) is 7.19. The maximum absolute atomic E-state index is 16.5. The zero-order valence-electron chi connectivity index (χ0n) is 22.9. The molecule has 6 heterocycles. The Hall–Kier alpha value is -3.23. The Morgan fingerprint density at radius 1 is 1.16 bits per heavy atom. The fourth-order valence-electron chi connectivity index (χ4n) is 6.86. The molecule has 230 valence electrons. The largest absolute Gasteiger partial charge is 0.475 e. The maximum Gasteiger partial charge on any atom is 0.418 e. The predicted molar refractivity (Wildman–Crippen MR) is 148 cm³/mol. The minimum absolute atomic E-state index is 0.0802. The van der Waals surface area contributed by atoms with Crippen molar-refractivity contribution in [2.75, 3.05) is 56.7 Å². The van der Waals surface area contributed by atoms with Gasteiger partial charge >= 0.3 is 12.2 Å². The summed E-state index contributed by atoms with van der Waals surface area (Å²) in [7, 11) is 0. The van der Waals surface area contributed by atoms with E-state index < -0.39 is 45.5 Å². The van der Waals surface area contributed by atoms with Crippen molar-refractivity contribution in [3.05, 3.63) is 28.5 Å². The summed E-state index contributed by atoms with van der Waals surface area (Å²) in [6.45, 7) is 2.46. The summed E-state index contributed by atoms with van der Waals surface area (Å²) >= 11 is 5.98. The van der Waals surface area contributed by atoms with Gasteiger partial charge in [-0.1, -0.05) is 11.6 Å². The summed E-state index contributed by atoms with van der Waals surface area (Å²) in [5, 5.41) is -0.591. The van der Waals surface area contributed by atoms with Gasteiger partial charge in [-0.2, -0.15) is 23.1 Å². The van der Waals surface area contributed by atoms with Crippen LogP contribution in [0.25, 0.3) is 22.2 Å². The lowest BCUT2D eigenvalue weighted by molar-refractivity contribution is -0.137. The van der Waals surface area contributed by atoms with E-state index in [2.05, 4.69) is 19.9 Å². The molecule has 3 atom stereocenters. The number of benzene rings is 1. The summed E-state index contributed by atoms with van der Waals surface area (Å²) in [4.78, 5) is 17.2. The summed E-state index contributed by atoms with van der Waals surface area (Å²) in [5.74, 6) is -0.985. The first-order chi connectivity index (χ1) is 20.5. The number of ether oxygens (including phenoxy) is 3. The lowest BCUT2D eigenvalue weighted by atomic mass is 9.95. The van der Waals surface area contributed by atoms with Gasteiger partial charge < -0.3 is 24.8 Å². The van der Waals surface area contributed by atoms with Crippen LogP contribution in [-0.2, 0) is 10.9 Å². The van der Waals surface area contributed by atoms with Crippen molar-refractivity contribution in [2.45, 2.75) is 49.6 Å². The first-order valence-electron chi connectivity index (χ1n) is 14.1. The second kappa shape index (κ2) is 10.4. The average molecular weight is 627 g/mol. The number of nitrogens with two attached hydrogens (primary N) is 1. The van der Waals surface area contributed by atoms with Crippen molar-refractivity contribution in [3.8, 4) is 23.1 Å². The number of anilines is 2. The normalized spacial score (nSPS) is 25.7. The highest BCUT2D eigenvalue weighted by Crippen LogP contribution is 2.47. The third-order valence-corrected chi connectivity index (χ3v) is 9.09. The van der Waals surface area contributed by atoms with Crippen molar-refractivity contribution in [2.24, 2.45) is 0 Å². The van der Waals surface area contributed by atoms with Crippen LogP contribution in [0.2, 0.25) is 5.02 Å². The number of halogens is 6. The standard InChI is InChI=1S/C28H28ClF5N6O3/c29-18-9-15(35)8-17(20(18)28(32,33)34)22-21(31)23-19-24(40-5-7-41-6-2-16(40)12-42-25(19)36-22)38-26(37-23)43-13-27-3-1-4-39(27)11-14(30)10-27/h8-9,14,16H,1-7,10-13,35H2/t14-,16?,27+/m1/s1. The second-order valence-electron chi connectivity index (χ2n) is 11.5. The molecule has 0 radical (unpaired) electrons. The molecule has 4 aliphatic rings. The molecular formula is C28H28ClF5N6O3.